The Bertz CT molecular complexity index is 453. The van der Waals surface area contributed by atoms with Crippen LogP contribution in [0.2, 0.25) is 0 Å². The summed E-state index contributed by atoms with van der Waals surface area (Å²) in [7, 11) is 0. The van der Waals surface area contributed by atoms with E-state index in [1.54, 1.807) is 6.07 Å². The van der Waals surface area contributed by atoms with Crippen molar-refractivity contribution in [3.8, 4) is 0 Å². The van der Waals surface area contributed by atoms with Gasteiger partial charge in [0.05, 0.1) is 5.69 Å². The summed E-state index contributed by atoms with van der Waals surface area (Å²) < 4.78 is 14.7. The average Bonchev–Trinajstić information content (AvgIpc) is 2.59. The van der Waals surface area contributed by atoms with E-state index in [0.717, 1.165) is 23.2 Å². The van der Waals surface area contributed by atoms with E-state index in [1.807, 2.05) is 6.07 Å². The fraction of sp³-hybridized carbons (Fsp3) is 0.647. The van der Waals surface area contributed by atoms with E-state index >= 15 is 0 Å². The lowest BCUT2D eigenvalue weighted by molar-refractivity contribution is 0.214. The van der Waals surface area contributed by atoms with E-state index in [2.05, 4.69) is 42.0 Å². The lowest BCUT2D eigenvalue weighted by Crippen LogP contribution is -2.22. The summed E-state index contributed by atoms with van der Waals surface area (Å²) in [5, 5.41) is 3.40. The highest BCUT2D eigenvalue weighted by molar-refractivity contribution is 9.10. The summed E-state index contributed by atoms with van der Waals surface area (Å²) in [6.45, 7) is 7.00. The van der Waals surface area contributed by atoms with Gasteiger partial charge in [-0.1, -0.05) is 43.1 Å². The molecular formula is C17H25BrFN. The SMILES string of the molecule is CC(C)(C)C1CCCC(Nc2cc(Br)ccc2F)CC1. The van der Waals surface area contributed by atoms with E-state index in [0.29, 0.717) is 17.1 Å². The van der Waals surface area contributed by atoms with Gasteiger partial charge >= 0.3 is 0 Å². The molecule has 0 spiro atoms. The second-order valence-electron chi connectivity index (χ2n) is 7.04. The number of hydrogen-bond donors (Lipinski definition) is 1. The summed E-state index contributed by atoms with van der Waals surface area (Å²) in [5.41, 5.74) is 1.01. The Kier molecular flexibility index (Phi) is 5.11. The van der Waals surface area contributed by atoms with Crippen molar-refractivity contribution in [2.75, 3.05) is 5.32 Å². The van der Waals surface area contributed by atoms with Crippen LogP contribution in [0.15, 0.2) is 22.7 Å². The molecule has 2 atom stereocenters. The van der Waals surface area contributed by atoms with Crippen molar-refractivity contribution < 1.29 is 4.39 Å². The molecule has 2 unspecified atom stereocenters. The van der Waals surface area contributed by atoms with Crippen molar-refractivity contribution in [2.24, 2.45) is 11.3 Å². The van der Waals surface area contributed by atoms with Crippen LogP contribution in [0, 0.1) is 17.2 Å². The van der Waals surface area contributed by atoms with E-state index in [4.69, 9.17) is 0 Å². The normalized spacial score (nSPS) is 24.2. The van der Waals surface area contributed by atoms with Crippen molar-refractivity contribution in [1.29, 1.82) is 0 Å². The molecule has 1 aromatic rings. The van der Waals surface area contributed by atoms with Gasteiger partial charge in [0.2, 0.25) is 0 Å². The Hall–Kier alpha value is -0.570. The lowest BCUT2D eigenvalue weighted by Gasteiger charge is -2.29. The first-order valence-corrected chi connectivity index (χ1v) is 8.37. The van der Waals surface area contributed by atoms with Crippen molar-refractivity contribution in [3.05, 3.63) is 28.5 Å². The van der Waals surface area contributed by atoms with Crippen LogP contribution in [0.25, 0.3) is 0 Å². The fourth-order valence-electron chi connectivity index (χ4n) is 3.14. The van der Waals surface area contributed by atoms with Crippen LogP contribution in [-0.4, -0.2) is 6.04 Å². The van der Waals surface area contributed by atoms with Crippen LogP contribution in [-0.2, 0) is 0 Å². The molecule has 1 saturated carbocycles. The van der Waals surface area contributed by atoms with Crippen LogP contribution in [0.1, 0.15) is 52.9 Å². The predicted octanol–water partition coefficient (Wildman–Crippen LogP) is 6.00. The highest BCUT2D eigenvalue weighted by Crippen LogP contribution is 2.37. The first-order valence-electron chi connectivity index (χ1n) is 7.58. The average molecular weight is 342 g/mol. The number of hydrogen-bond acceptors (Lipinski definition) is 1. The van der Waals surface area contributed by atoms with Crippen LogP contribution in [0.4, 0.5) is 10.1 Å². The van der Waals surface area contributed by atoms with Gasteiger partial charge in [0.25, 0.3) is 0 Å². The van der Waals surface area contributed by atoms with Crippen molar-refractivity contribution >= 4 is 21.6 Å². The Morgan fingerprint density at radius 1 is 1.15 bits per heavy atom. The number of benzene rings is 1. The standard InChI is InChI=1S/C17H25BrFN/c1-17(2,3)12-5-4-6-14(9-7-12)20-16-11-13(18)8-10-15(16)19/h8,10-12,14,20H,4-7,9H2,1-3H3. The number of nitrogens with one attached hydrogen (secondary N) is 1. The maximum absolute atomic E-state index is 13.8. The van der Waals surface area contributed by atoms with E-state index in [-0.39, 0.29) is 5.82 Å². The van der Waals surface area contributed by atoms with Gasteiger partial charge in [-0.05, 0) is 55.2 Å². The van der Waals surface area contributed by atoms with Gasteiger partial charge in [0, 0.05) is 10.5 Å². The summed E-state index contributed by atoms with van der Waals surface area (Å²) in [5.74, 6) is 0.617. The topological polar surface area (TPSA) is 12.0 Å². The second-order valence-corrected chi connectivity index (χ2v) is 7.95. The Morgan fingerprint density at radius 2 is 1.90 bits per heavy atom. The largest absolute Gasteiger partial charge is 0.380 e. The summed E-state index contributed by atoms with van der Waals surface area (Å²) in [4.78, 5) is 0. The van der Waals surface area contributed by atoms with Gasteiger partial charge in [-0.15, -0.1) is 0 Å². The predicted molar refractivity (Wildman–Crippen MR) is 87.5 cm³/mol. The van der Waals surface area contributed by atoms with Crippen molar-refractivity contribution in [2.45, 2.75) is 58.9 Å². The van der Waals surface area contributed by atoms with Gasteiger partial charge in [0.1, 0.15) is 5.82 Å². The first-order chi connectivity index (χ1) is 9.36. The molecule has 20 heavy (non-hydrogen) atoms. The molecule has 0 aromatic heterocycles. The van der Waals surface area contributed by atoms with Gasteiger partial charge in [-0.25, -0.2) is 4.39 Å². The molecule has 0 amide bonds. The van der Waals surface area contributed by atoms with Gasteiger partial charge in [0.15, 0.2) is 0 Å². The second kappa shape index (κ2) is 6.46. The molecule has 0 saturated heterocycles. The zero-order chi connectivity index (χ0) is 14.8. The summed E-state index contributed by atoms with van der Waals surface area (Å²) >= 11 is 3.41. The van der Waals surface area contributed by atoms with Crippen molar-refractivity contribution in [1.82, 2.24) is 0 Å². The molecule has 1 nitrogen and oxygen atoms in total. The third-order valence-electron chi connectivity index (χ3n) is 4.48. The molecule has 0 heterocycles. The highest BCUT2D eigenvalue weighted by atomic mass is 79.9. The van der Waals surface area contributed by atoms with Crippen LogP contribution < -0.4 is 5.32 Å². The molecule has 1 N–H and O–H groups in total. The van der Waals surface area contributed by atoms with Gasteiger partial charge in [-0.2, -0.15) is 0 Å². The molecule has 1 aliphatic carbocycles. The number of anilines is 1. The zero-order valence-corrected chi connectivity index (χ0v) is 14.3. The van der Waals surface area contributed by atoms with E-state index < -0.39 is 0 Å². The highest BCUT2D eigenvalue weighted by Gasteiger charge is 2.27. The third kappa shape index (κ3) is 4.21. The molecule has 1 aliphatic rings. The monoisotopic (exact) mass is 341 g/mol. The Morgan fingerprint density at radius 3 is 2.60 bits per heavy atom. The first kappa shape index (κ1) is 15.8. The van der Waals surface area contributed by atoms with Gasteiger partial charge < -0.3 is 5.32 Å². The number of rotatable bonds is 2. The van der Waals surface area contributed by atoms with Crippen LogP contribution in [0.3, 0.4) is 0 Å². The van der Waals surface area contributed by atoms with Crippen molar-refractivity contribution in [3.63, 3.8) is 0 Å². The maximum Gasteiger partial charge on any atom is 0.146 e. The minimum Gasteiger partial charge on any atom is -0.380 e. The van der Waals surface area contributed by atoms with Crippen LogP contribution >= 0.6 is 15.9 Å². The quantitative estimate of drug-likeness (QED) is 0.651. The molecule has 3 heteroatoms. The third-order valence-corrected chi connectivity index (χ3v) is 4.97. The van der Waals surface area contributed by atoms with Gasteiger partial charge in [-0.3, -0.25) is 0 Å². The van der Waals surface area contributed by atoms with E-state index in [9.17, 15) is 4.39 Å². The minimum absolute atomic E-state index is 0.162. The van der Waals surface area contributed by atoms with Crippen LogP contribution in [0.5, 0.6) is 0 Å². The maximum atomic E-state index is 13.8. The number of halogens is 2. The molecule has 112 valence electrons. The molecule has 0 aliphatic heterocycles. The Labute approximate surface area is 130 Å². The minimum atomic E-state index is -0.162. The zero-order valence-electron chi connectivity index (χ0n) is 12.7. The fourth-order valence-corrected chi connectivity index (χ4v) is 3.50. The molecule has 0 bridgehead atoms. The Balaban J connectivity index is 1.99. The summed E-state index contributed by atoms with van der Waals surface area (Å²) in [6, 6.07) is 5.48. The molecule has 1 fully saturated rings. The smallest absolute Gasteiger partial charge is 0.146 e. The lowest BCUT2D eigenvalue weighted by atomic mass is 9.76. The molecular weight excluding hydrogens is 317 g/mol. The molecule has 1 aromatic carbocycles. The van der Waals surface area contributed by atoms with E-state index in [1.165, 1.54) is 25.3 Å². The molecule has 0 radical (unpaired) electrons. The summed E-state index contributed by atoms with van der Waals surface area (Å²) in [6.07, 6.45) is 6.03. The molecule has 2 rings (SSSR count).